The van der Waals surface area contributed by atoms with Crippen molar-refractivity contribution < 1.29 is 4.79 Å². The number of nitrogens with zero attached hydrogens (tertiary/aromatic N) is 1. The number of nitrogens with one attached hydrogen (secondary N) is 1. The zero-order valence-corrected chi connectivity index (χ0v) is 16.3. The number of hydrogen-bond donors (Lipinski definition) is 1. The van der Waals surface area contributed by atoms with Gasteiger partial charge in [0.25, 0.3) is 5.91 Å². The molecule has 2 rings (SSSR count). The van der Waals surface area contributed by atoms with Crippen LogP contribution >= 0.6 is 38.5 Å². The number of likely N-dealkylation sites (tertiary alicyclic amines) is 1. The second kappa shape index (κ2) is 7.92. The first kappa shape index (κ1) is 17.2. The van der Waals surface area contributed by atoms with E-state index < -0.39 is 0 Å². The molecule has 1 aromatic rings. The molecule has 1 aromatic carbocycles. The number of carbonyl (C=O) groups excluding carboxylic acids is 1. The first-order chi connectivity index (χ1) is 9.97. The Labute approximate surface area is 149 Å². The van der Waals surface area contributed by atoms with E-state index in [1.807, 2.05) is 23.1 Å². The van der Waals surface area contributed by atoms with Gasteiger partial charge in [0.15, 0.2) is 0 Å². The minimum Gasteiger partial charge on any atom is -0.338 e. The highest BCUT2D eigenvalue weighted by atomic mass is 127. The van der Waals surface area contributed by atoms with Crippen LogP contribution in [0.4, 0.5) is 0 Å². The van der Waals surface area contributed by atoms with E-state index in [-0.39, 0.29) is 5.91 Å². The summed E-state index contributed by atoms with van der Waals surface area (Å²) in [5.41, 5.74) is 0.777. The molecule has 0 saturated carbocycles. The van der Waals surface area contributed by atoms with Crippen molar-refractivity contribution in [1.29, 1.82) is 0 Å². The van der Waals surface area contributed by atoms with Crippen LogP contribution in [0.5, 0.6) is 0 Å². The van der Waals surface area contributed by atoms with Crippen molar-refractivity contribution in [3.05, 3.63) is 31.8 Å². The maximum Gasteiger partial charge on any atom is 0.255 e. The van der Waals surface area contributed by atoms with Gasteiger partial charge < -0.3 is 10.2 Å². The Morgan fingerprint density at radius 1 is 1.52 bits per heavy atom. The molecule has 0 radical (unpaired) electrons. The molecule has 1 N–H and O–H groups in total. The standard InChI is InChI=1S/C16H22BrIN2O/c1-11(2)19-9-12-4-3-7-20(10-12)16(21)14-8-13(18)5-6-15(14)17/h5-6,8,11-12,19H,3-4,7,9-10H2,1-2H3. The van der Waals surface area contributed by atoms with Crippen molar-refractivity contribution in [2.45, 2.75) is 32.7 Å². The fraction of sp³-hybridized carbons (Fsp3) is 0.562. The van der Waals surface area contributed by atoms with Crippen LogP contribution in [0, 0.1) is 9.49 Å². The summed E-state index contributed by atoms with van der Waals surface area (Å²) in [7, 11) is 0. The minimum absolute atomic E-state index is 0.148. The number of amides is 1. The van der Waals surface area contributed by atoms with Gasteiger partial charge in [0.2, 0.25) is 0 Å². The molecule has 1 saturated heterocycles. The zero-order valence-electron chi connectivity index (χ0n) is 12.5. The van der Waals surface area contributed by atoms with Crippen molar-refractivity contribution in [3.63, 3.8) is 0 Å². The summed E-state index contributed by atoms with van der Waals surface area (Å²) in [6.07, 6.45) is 2.30. The van der Waals surface area contributed by atoms with Gasteiger partial charge >= 0.3 is 0 Å². The normalized spacial score (nSPS) is 19.1. The van der Waals surface area contributed by atoms with Crippen LogP contribution in [0.1, 0.15) is 37.0 Å². The molecule has 3 nitrogen and oxygen atoms in total. The lowest BCUT2D eigenvalue weighted by molar-refractivity contribution is 0.0671. The Kier molecular flexibility index (Phi) is 6.50. The molecule has 1 atom stereocenters. The largest absolute Gasteiger partial charge is 0.338 e. The number of halogens is 2. The molecule has 5 heteroatoms. The van der Waals surface area contributed by atoms with Gasteiger partial charge in [-0.1, -0.05) is 13.8 Å². The fourth-order valence-corrected chi connectivity index (χ4v) is 3.56. The Bertz CT molecular complexity index is 507. The molecule has 0 bridgehead atoms. The minimum atomic E-state index is 0.148. The average Bonchev–Trinajstić information content (AvgIpc) is 2.47. The third kappa shape index (κ3) is 4.93. The smallest absolute Gasteiger partial charge is 0.255 e. The first-order valence-electron chi connectivity index (χ1n) is 7.45. The summed E-state index contributed by atoms with van der Waals surface area (Å²) in [5.74, 6) is 0.710. The summed E-state index contributed by atoms with van der Waals surface area (Å²) in [6, 6.07) is 6.42. The van der Waals surface area contributed by atoms with Gasteiger partial charge in [-0.2, -0.15) is 0 Å². The Balaban J connectivity index is 2.03. The first-order valence-corrected chi connectivity index (χ1v) is 9.32. The van der Waals surface area contributed by atoms with Crippen LogP contribution < -0.4 is 5.32 Å². The Hall–Kier alpha value is -0.140. The van der Waals surface area contributed by atoms with Gasteiger partial charge in [-0.25, -0.2) is 0 Å². The van der Waals surface area contributed by atoms with Crippen LogP contribution in [-0.4, -0.2) is 36.5 Å². The van der Waals surface area contributed by atoms with E-state index >= 15 is 0 Å². The summed E-state index contributed by atoms with van der Waals surface area (Å²) < 4.78 is 1.98. The predicted molar refractivity (Wildman–Crippen MR) is 98.6 cm³/mol. The quantitative estimate of drug-likeness (QED) is 0.685. The van der Waals surface area contributed by atoms with E-state index in [4.69, 9.17) is 0 Å². The van der Waals surface area contributed by atoms with Crippen LogP contribution in [0.2, 0.25) is 0 Å². The predicted octanol–water partition coefficient (Wildman–Crippen LogP) is 3.90. The van der Waals surface area contributed by atoms with Gasteiger partial charge in [0.1, 0.15) is 0 Å². The third-order valence-electron chi connectivity index (χ3n) is 3.78. The molecular formula is C16H22BrIN2O. The highest BCUT2D eigenvalue weighted by Crippen LogP contribution is 2.24. The van der Waals surface area contributed by atoms with Crippen molar-refractivity contribution >= 4 is 44.4 Å². The van der Waals surface area contributed by atoms with Gasteiger partial charge in [0.05, 0.1) is 5.56 Å². The summed E-state index contributed by atoms with van der Waals surface area (Å²) in [4.78, 5) is 14.7. The molecule has 1 aliphatic heterocycles. The fourth-order valence-electron chi connectivity index (χ4n) is 2.65. The third-order valence-corrected chi connectivity index (χ3v) is 5.14. The second-order valence-corrected chi connectivity index (χ2v) is 8.05. The van der Waals surface area contributed by atoms with Crippen LogP contribution in [0.25, 0.3) is 0 Å². The van der Waals surface area contributed by atoms with Crippen molar-refractivity contribution in [1.82, 2.24) is 10.2 Å². The van der Waals surface area contributed by atoms with E-state index in [9.17, 15) is 4.79 Å². The van der Waals surface area contributed by atoms with Crippen LogP contribution in [0.15, 0.2) is 22.7 Å². The topological polar surface area (TPSA) is 32.3 Å². The molecule has 1 heterocycles. The molecule has 116 valence electrons. The van der Waals surface area contributed by atoms with E-state index in [1.54, 1.807) is 0 Å². The summed E-state index contributed by atoms with van der Waals surface area (Å²) in [6.45, 7) is 7.05. The number of benzene rings is 1. The Morgan fingerprint density at radius 3 is 3.00 bits per heavy atom. The highest BCUT2D eigenvalue weighted by Gasteiger charge is 2.25. The zero-order chi connectivity index (χ0) is 15.4. The van der Waals surface area contributed by atoms with E-state index in [2.05, 4.69) is 57.7 Å². The van der Waals surface area contributed by atoms with E-state index in [0.29, 0.717) is 12.0 Å². The van der Waals surface area contributed by atoms with Crippen LogP contribution in [-0.2, 0) is 0 Å². The lowest BCUT2D eigenvalue weighted by Gasteiger charge is -2.33. The maximum atomic E-state index is 12.7. The van der Waals surface area contributed by atoms with Crippen molar-refractivity contribution in [2.75, 3.05) is 19.6 Å². The van der Waals surface area contributed by atoms with E-state index in [0.717, 1.165) is 39.7 Å². The number of piperidine rings is 1. The van der Waals surface area contributed by atoms with Gasteiger partial charge in [-0.05, 0) is 82.0 Å². The Morgan fingerprint density at radius 2 is 2.29 bits per heavy atom. The van der Waals surface area contributed by atoms with Gasteiger partial charge in [-0.3, -0.25) is 4.79 Å². The van der Waals surface area contributed by atoms with Crippen molar-refractivity contribution in [2.24, 2.45) is 5.92 Å². The van der Waals surface area contributed by atoms with E-state index in [1.165, 1.54) is 6.42 Å². The molecular weight excluding hydrogens is 443 g/mol. The number of rotatable bonds is 4. The van der Waals surface area contributed by atoms with Crippen LogP contribution in [0.3, 0.4) is 0 Å². The average molecular weight is 465 g/mol. The molecule has 0 aromatic heterocycles. The summed E-state index contributed by atoms with van der Waals surface area (Å²) >= 11 is 5.75. The number of carbonyl (C=O) groups is 1. The van der Waals surface area contributed by atoms with Crippen molar-refractivity contribution in [3.8, 4) is 0 Å². The molecule has 1 fully saturated rings. The number of hydrogen-bond acceptors (Lipinski definition) is 2. The maximum absolute atomic E-state index is 12.7. The monoisotopic (exact) mass is 464 g/mol. The molecule has 1 unspecified atom stereocenters. The summed E-state index contributed by atoms with van der Waals surface area (Å²) in [5, 5.41) is 3.49. The molecule has 21 heavy (non-hydrogen) atoms. The molecule has 1 amide bonds. The van der Waals surface area contributed by atoms with Gasteiger partial charge in [-0.15, -0.1) is 0 Å². The molecule has 0 aliphatic carbocycles. The molecule has 0 spiro atoms. The highest BCUT2D eigenvalue weighted by molar-refractivity contribution is 14.1. The lowest BCUT2D eigenvalue weighted by atomic mass is 9.97. The lowest BCUT2D eigenvalue weighted by Crippen LogP contribution is -2.43. The second-order valence-electron chi connectivity index (χ2n) is 5.95. The SMILES string of the molecule is CC(C)NCC1CCCN(C(=O)c2cc(I)ccc2Br)C1. The molecule has 1 aliphatic rings. The van der Waals surface area contributed by atoms with Gasteiger partial charge in [0, 0.05) is 27.2 Å².